The largest absolute Gasteiger partial charge is 0.481 e. The zero-order valence-corrected chi connectivity index (χ0v) is 27.1. The van der Waals surface area contributed by atoms with E-state index < -0.39 is 28.3 Å². The molecule has 0 aliphatic heterocycles. The molecule has 1 unspecified atom stereocenters. The Balaban J connectivity index is 6.33. The Morgan fingerprint density at radius 2 is 1.12 bits per heavy atom. The Morgan fingerprint density at radius 1 is 0.727 bits per heavy atom. The van der Waals surface area contributed by atoms with Crippen LogP contribution in [0.4, 0.5) is 0 Å². The normalized spacial score (nSPS) is 12.6. The fraction of sp³-hybridized carbons (Fsp3) is 0.692. The lowest BCUT2D eigenvalue weighted by Gasteiger charge is -2.47. The molecule has 0 radical (unpaired) electrons. The molecule has 0 aromatic rings. The Morgan fingerprint density at radius 3 is 1.52 bits per heavy atom. The second-order valence-corrected chi connectivity index (χ2v) is 16.3. The van der Waals surface area contributed by atoms with Gasteiger partial charge in [0.1, 0.15) is 10.9 Å². The van der Waals surface area contributed by atoms with Crippen molar-refractivity contribution in [3.63, 3.8) is 0 Å². The molecule has 0 saturated carbocycles. The lowest BCUT2D eigenvalue weighted by atomic mass is 9.91. The zero-order valence-electron chi connectivity index (χ0n) is 17.3. The summed E-state index contributed by atoms with van der Waals surface area (Å²) in [5.41, 5.74) is -3.10. The summed E-state index contributed by atoms with van der Waals surface area (Å²) in [6.07, 6.45) is 0. The number of thiocarbonyl (C=S) groups is 4. The van der Waals surface area contributed by atoms with Gasteiger partial charge in [-0.2, -0.15) is 0 Å². The van der Waals surface area contributed by atoms with E-state index in [9.17, 15) is 15.3 Å². The second-order valence-electron chi connectivity index (χ2n) is 4.95. The summed E-state index contributed by atoms with van der Waals surface area (Å²) in [6.45, 7) is -1.39. The highest BCUT2D eigenvalue weighted by Crippen LogP contribution is 2.64. The first-order chi connectivity index (χ1) is 15.6. The van der Waals surface area contributed by atoms with E-state index in [-0.39, 0.29) is 17.5 Å². The van der Waals surface area contributed by atoms with Crippen molar-refractivity contribution in [2.45, 2.75) is 9.70 Å². The number of methoxy groups -OCH3 is 4. The van der Waals surface area contributed by atoms with Gasteiger partial charge in [-0.15, -0.1) is 0 Å². The van der Waals surface area contributed by atoms with Crippen molar-refractivity contribution in [3.05, 3.63) is 0 Å². The molecular formula is C13H20O8S12. The number of rotatable bonds is 13. The number of aliphatic hydroxyl groups excluding tert-OH is 3. The van der Waals surface area contributed by atoms with Gasteiger partial charge in [0.2, 0.25) is 21.8 Å². The molecule has 0 rings (SSSR count). The molecule has 0 aliphatic carbocycles. The highest BCUT2D eigenvalue weighted by molar-refractivity contribution is 8.92. The summed E-state index contributed by atoms with van der Waals surface area (Å²) in [5.74, 6) is 0. The SMILES string of the molecule is COC(=S)SSOC(SSC(=S)OC)(SSC(=S)OC)C(CO)(CO)C(O)SSC(=S)OC. The lowest BCUT2D eigenvalue weighted by molar-refractivity contribution is -0.0591. The van der Waals surface area contributed by atoms with Gasteiger partial charge in [0.15, 0.2) is 0 Å². The van der Waals surface area contributed by atoms with E-state index >= 15 is 0 Å². The molecule has 0 aromatic heterocycles. The molecule has 0 spiro atoms. The van der Waals surface area contributed by atoms with Gasteiger partial charge >= 0.3 is 0 Å². The van der Waals surface area contributed by atoms with E-state index in [1.54, 1.807) is 0 Å². The van der Waals surface area contributed by atoms with Crippen molar-refractivity contribution < 1.29 is 38.5 Å². The summed E-state index contributed by atoms with van der Waals surface area (Å²) in [6, 6.07) is 0. The molecule has 0 fully saturated rings. The summed E-state index contributed by atoms with van der Waals surface area (Å²) in [7, 11) is 12.5. The van der Waals surface area contributed by atoms with Crippen LogP contribution in [-0.4, -0.2) is 84.2 Å². The van der Waals surface area contributed by atoms with Crippen LogP contribution in [0.1, 0.15) is 0 Å². The van der Waals surface area contributed by atoms with Gasteiger partial charge in [0, 0.05) is 10.8 Å². The van der Waals surface area contributed by atoms with Crippen molar-refractivity contribution >= 4 is 153 Å². The topological polar surface area (TPSA) is 107 Å². The predicted octanol–water partition coefficient (Wildman–Crippen LogP) is 5.11. The summed E-state index contributed by atoms with van der Waals surface area (Å²) in [4.78, 5) is 0. The average Bonchev–Trinajstić information content (AvgIpc) is 2.84. The standard InChI is InChI=1S/C13H20O8S12/c1-17-8(22)27-26-7(16)12(5-14,6-15)13(31-28-9(23)18-2,32-29-10(24)19-3)21-33-30-11(25)20-4/h7,14-16H,5-6H2,1-4H3. The van der Waals surface area contributed by atoms with Crippen LogP contribution in [-0.2, 0) is 23.1 Å². The monoisotopic (exact) mass is 688 g/mol. The van der Waals surface area contributed by atoms with Crippen LogP contribution >= 0.6 is 136 Å². The maximum Gasteiger partial charge on any atom is 0.232 e. The Bertz CT molecular complexity index is 629. The molecule has 0 heterocycles. The molecule has 8 nitrogen and oxygen atoms in total. The second kappa shape index (κ2) is 19.3. The molecule has 20 heteroatoms. The van der Waals surface area contributed by atoms with Crippen LogP contribution in [0.15, 0.2) is 0 Å². The zero-order chi connectivity index (χ0) is 25.5. The van der Waals surface area contributed by atoms with Crippen LogP contribution in [0.5, 0.6) is 0 Å². The van der Waals surface area contributed by atoms with E-state index in [0.29, 0.717) is 0 Å². The third kappa shape index (κ3) is 11.6. The van der Waals surface area contributed by atoms with Crippen LogP contribution in [0, 0.1) is 5.41 Å². The Kier molecular flexibility index (Phi) is 20.6. The first kappa shape index (κ1) is 35.2. The fourth-order valence-corrected chi connectivity index (χ4v) is 12.7. The summed E-state index contributed by atoms with van der Waals surface area (Å²) < 4.78 is 25.1. The maximum atomic E-state index is 11.1. The molecule has 0 amide bonds. The fourth-order valence-electron chi connectivity index (χ4n) is 1.42. The van der Waals surface area contributed by atoms with Gasteiger partial charge in [-0.25, -0.2) is 0 Å². The Hall–Kier alpha value is 2.20. The maximum absolute atomic E-state index is 11.1. The van der Waals surface area contributed by atoms with Crippen LogP contribution in [0.2, 0.25) is 0 Å². The quantitative estimate of drug-likeness (QED) is 0.103. The number of aliphatic hydroxyl groups is 3. The van der Waals surface area contributed by atoms with Crippen molar-refractivity contribution in [2.75, 3.05) is 41.7 Å². The first-order valence-corrected chi connectivity index (χ1v) is 18.1. The van der Waals surface area contributed by atoms with E-state index in [2.05, 4.69) is 0 Å². The van der Waals surface area contributed by atoms with Crippen LogP contribution < -0.4 is 0 Å². The third-order valence-electron chi connectivity index (χ3n) is 3.21. The van der Waals surface area contributed by atoms with E-state index in [0.717, 1.165) is 86.6 Å². The Labute approximate surface area is 245 Å². The molecule has 1 atom stereocenters. The summed E-state index contributed by atoms with van der Waals surface area (Å²) in [5, 5.41) is 32.1. The van der Waals surface area contributed by atoms with Gasteiger partial charge < -0.3 is 34.3 Å². The van der Waals surface area contributed by atoms with Gasteiger partial charge in [-0.05, 0) is 103 Å². The van der Waals surface area contributed by atoms with E-state index in [4.69, 9.17) is 72.0 Å². The molecule has 0 aliphatic rings. The highest BCUT2D eigenvalue weighted by Gasteiger charge is 2.60. The molecule has 0 aromatic carbocycles. The van der Waals surface area contributed by atoms with E-state index in [1.807, 2.05) is 0 Å². The number of hydrogen-bond donors (Lipinski definition) is 3. The van der Waals surface area contributed by atoms with Gasteiger partial charge in [0.05, 0.1) is 52.7 Å². The van der Waals surface area contributed by atoms with Crippen LogP contribution in [0.25, 0.3) is 0 Å². The average molecular weight is 689 g/mol. The molecule has 33 heavy (non-hydrogen) atoms. The molecule has 3 N–H and O–H groups in total. The minimum absolute atomic E-state index is 0.149. The minimum atomic E-state index is -1.70. The number of hydrogen-bond acceptors (Lipinski definition) is 20. The van der Waals surface area contributed by atoms with Crippen LogP contribution in [0.3, 0.4) is 0 Å². The van der Waals surface area contributed by atoms with Crippen molar-refractivity contribution in [2.24, 2.45) is 5.41 Å². The molecule has 192 valence electrons. The molecule has 0 saturated heterocycles. The lowest BCUT2D eigenvalue weighted by Crippen LogP contribution is -2.55. The molecular weight excluding hydrogens is 669 g/mol. The molecule has 0 bridgehead atoms. The smallest absolute Gasteiger partial charge is 0.232 e. The minimum Gasteiger partial charge on any atom is -0.481 e. The van der Waals surface area contributed by atoms with E-state index in [1.165, 1.54) is 28.4 Å². The van der Waals surface area contributed by atoms with Gasteiger partial charge in [0.25, 0.3) is 0 Å². The predicted molar refractivity (Wildman–Crippen MR) is 166 cm³/mol. The van der Waals surface area contributed by atoms with Crippen molar-refractivity contribution in [1.82, 2.24) is 0 Å². The van der Waals surface area contributed by atoms with Crippen molar-refractivity contribution in [1.29, 1.82) is 0 Å². The first-order valence-electron chi connectivity index (χ1n) is 7.90. The number of ether oxygens (including phenoxy) is 4. The van der Waals surface area contributed by atoms with Crippen molar-refractivity contribution in [3.8, 4) is 0 Å². The highest BCUT2D eigenvalue weighted by atomic mass is 33.1. The third-order valence-corrected chi connectivity index (χ3v) is 16.4. The summed E-state index contributed by atoms with van der Waals surface area (Å²) >= 11 is 21.1. The van der Waals surface area contributed by atoms with Gasteiger partial charge in [-0.3, -0.25) is 4.18 Å². The van der Waals surface area contributed by atoms with Gasteiger partial charge in [-0.1, -0.05) is 10.8 Å².